The maximum absolute atomic E-state index is 2.42. The Morgan fingerprint density at radius 1 is 0.485 bits per heavy atom. The molecule has 0 aliphatic carbocycles. The molecule has 0 saturated carbocycles. The van der Waals surface area contributed by atoms with Crippen LogP contribution in [0.1, 0.15) is 76.0 Å². The van der Waals surface area contributed by atoms with Gasteiger partial charge in [-0.1, -0.05) is 131 Å². The third kappa shape index (κ3) is 5.75. The first-order chi connectivity index (χ1) is 15.7. The summed E-state index contributed by atoms with van der Waals surface area (Å²) in [6.07, 6.45) is 11.9. The molecule has 3 aromatic carbocycles. The molecule has 0 saturated heterocycles. The first-order valence-electron chi connectivity index (χ1n) is 12.8. The van der Waals surface area contributed by atoms with Gasteiger partial charge in [0.1, 0.15) is 0 Å². The van der Waals surface area contributed by atoms with Crippen molar-refractivity contribution >= 4 is 7.26 Å². The highest BCUT2D eigenvalue weighted by atomic mass is 31.2. The van der Waals surface area contributed by atoms with Crippen molar-refractivity contribution < 1.29 is 4.70 Å². The second-order valence-corrected chi connectivity index (χ2v) is 13.5. The SMILES string of the molecule is CCCC[P+](CCCC)(CCCC)C(c1ccccc1)(c1ccccc1)c1ccccc1.[F-]. The molecular weight excluding hydrogens is 422 g/mol. The van der Waals surface area contributed by atoms with E-state index < -0.39 is 7.26 Å². The van der Waals surface area contributed by atoms with Crippen LogP contribution in [0.4, 0.5) is 0 Å². The molecule has 0 aliphatic rings. The Morgan fingerprint density at radius 3 is 1.00 bits per heavy atom. The molecule has 0 N–H and O–H groups in total. The molecule has 3 aromatic rings. The van der Waals surface area contributed by atoms with Crippen LogP contribution >= 0.6 is 7.26 Å². The fourth-order valence-corrected chi connectivity index (χ4v) is 12.1. The normalized spacial score (nSPS) is 11.7. The van der Waals surface area contributed by atoms with Crippen LogP contribution in [0.25, 0.3) is 0 Å². The van der Waals surface area contributed by atoms with E-state index in [4.69, 9.17) is 0 Å². The van der Waals surface area contributed by atoms with Gasteiger partial charge in [-0.15, -0.1) is 0 Å². The van der Waals surface area contributed by atoms with Crippen LogP contribution in [0.3, 0.4) is 0 Å². The van der Waals surface area contributed by atoms with Crippen molar-refractivity contribution in [2.24, 2.45) is 0 Å². The van der Waals surface area contributed by atoms with Gasteiger partial charge in [0.25, 0.3) is 0 Å². The topological polar surface area (TPSA) is 0 Å². The van der Waals surface area contributed by atoms with Crippen LogP contribution in [0.2, 0.25) is 0 Å². The highest BCUT2D eigenvalue weighted by Crippen LogP contribution is 2.78. The Bertz CT molecular complexity index is 774. The van der Waals surface area contributed by atoms with Crippen molar-refractivity contribution in [3.05, 3.63) is 108 Å². The molecule has 0 atom stereocenters. The third-order valence-corrected chi connectivity index (χ3v) is 12.8. The van der Waals surface area contributed by atoms with Gasteiger partial charge in [-0.2, -0.15) is 0 Å². The van der Waals surface area contributed by atoms with Gasteiger partial charge in [0, 0.05) is 24.0 Å². The minimum Gasteiger partial charge on any atom is -1.00 e. The van der Waals surface area contributed by atoms with Crippen molar-refractivity contribution in [1.29, 1.82) is 0 Å². The van der Waals surface area contributed by atoms with Crippen LogP contribution < -0.4 is 4.70 Å². The van der Waals surface area contributed by atoms with Gasteiger partial charge in [-0.05, 0) is 19.3 Å². The lowest BCUT2D eigenvalue weighted by Crippen LogP contribution is -3.00. The first kappa shape index (κ1) is 27.3. The second-order valence-electron chi connectivity index (χ2n) is 9.19. The molecule has 0 heterocycles. The van der Waals surface area contributed by atoms with Gasteiger partial charge >= 0.3 is 0 Å². The zero-order valence-corrected chi connectivity index (χ0v) is 21.7. The van der Waals surface area contributed by atoms with E-state index in [1.54, 1.807) is 0 Å². The second kappa shape index (κ2) is 13.7. The molecule has 0 spiro atoms. The van der Waals surface area contributed by atoms with Crippen LogP contribution in [0.15, 0.2) is 91.0 Å². The lowest BCUT2D eigenvalue weighted by atomic mass is 9.84. The summed E-state index contributed by atoms with van der Waals surface area (Å²) in [7, 11) is -1.45. The van der Waals surface area contributed by atoms with E-state index in [9.17, 15) is 0 Å². The first-order valence-corrected chi connectivity index (χ1v) is 15.1. The highest BCUT2D eigenvalue weighted by Gasteiger charge is 2.59. The average Bonchev–Trinajstić information content (AvgIpc) is 2.87. The molecule has 0 aromatic heterocycles. The molecule has 0 nitrogen and oxygen atoms in total. The zero-order valence-electron chi connectivity index (χ0n) is 20.8. The molecule has 0 amide bonds. The zero-order chi connectivity index (χ0) is 22.7. The summed E-state index contributed by atoms with van der Waals surface area (Å²) in [6.45, 7) is 7.09. The number of benzene rings is 3. The van der Waals surface area contributed by atoms with E-state index in [0.29, 0.717) is 0 Å². The van der Waals surface area contributed by atoms with E-state index in [1.807, 2.05) is 0 Å². The van der Waals surface area contributed by atoms with Gasteiger partial charge in [-0.25, -0.2) is 0 Å². The largest absolute Gasteiger partial charge is 1.00 e. The minimum absolute atomic E-state index is 0. The Hall–Kier alpha value is -1.98. The molecule has 3 rings (SSSR count). The highest BCUT2D eigenvalue weighted by molar-refractivity contribution is 7.77. The van der Waals surface area contributed by atoms with E-state index in [2.05, 4.69) is 112 Å². The predicted molar refractivity (Wildman–Crippen MR) is 145 cm³/mol. The fourth-order valence-electron chi connectivity index (χ4n) is 5.58. The van der Waals surface area contributed by atoms with Crippen LogP contribution in [0.5, 0.6) is 0 Å². The Labute approximate surface area is 202 Å². The Morgan fingerprint density at radius 2 is 0.758 bits per heavy atom. The maximum atomic E-state index is 2.42. The standard InChI is InChI=1S/C31H42P.FH/c1-4-7-25-32(26-8-5-2,27-9-6-3)31(28-19-13-10-14-20-28,29-21-15-11-16-22-29)30-23-17-12-18-24-30;/h10-24H,4-9,25-27H2,1-3H3;1H/q+1;/p-1. The smallest absolute Gasteiger partial charge is 0.154 e. The molecule has 33 heavy (non-hydrogen) atoms. The van der Waals surface area contributed by atoms with Crippen LogP contribution in [0, 0.1) is 0 Å². The lowest BCUT2D eigenvalue weighted by Gasteiger charge is -2.47. The summed E-state index contributed by atoms with van der Waals surface area (Å²) in [5, 5.41) is -0.0453. The summed E-state index contributed by atoms with van der Waals surface area (Å²) < 4.78 is 0. The van der Waals surface area contributed by atoms with Gasteiger partial charge in [-0.3, -0.25) is 0 Å². The summed E-state index contributed by atoms with van der Waals surface area (Å²) in [5.74, 6) is 0. The van der Waals surface area contributed by atoms with Gasteiger partial charge in [0.05, 0.1) is 18.5 Å². The predicted octanol–water partition coefficient (Wildman–Crippen LogP) is 6.40. The quantitative estimate of drug-likeness (QED) is 0.203. The van der Waals surface area contributed by atoms with Gasteiger partial charge < -0.3 is 4.70 Å². The van der Waals surface area contributed by atoms with Crippen molar-refractivity contribution in [3.63, 3.8) is 0 Å². The molecule has 0 radical (unpaired) electrons. The van der Waals surface area contributed by atoms with Crippen molar-refractivity contribution in [2.75, 3.05) is 18.5 Å². The van der Waals surface area contributed by atoms with Gasteiger partial charge in [0.15, 0.2) is 5.16 Å². The average molecular weight is 465 g/mol. The van der Waals surface area contributed by atoms with E-state index >= 15 is 0 Å². The van der Waals surface area contributed by atoms with Gasteiger partial charge in [0.2, 0.25) is 0 Å². The van der Waals surface area contributed by atoms with Crippen LogP contribution in [-0.2, 0) is 5.16 Å². The Balaban J connectivity index is 0.00000385. The molecule has 178 valence electrons. The number of rotatable bonds is 13. The molecule has 0 bridgehead atoms. The summed E-state index contributed by atoms with van der Waals surface area (Å²) >= 11 is 0. The molecule has 0 unspecified atom stereocenters. The minimum atomic E-state index is -1.45. The number of halogens is 1. The van der Waals surface area contributed by atoms with Crippen LogP contribution in [-0.4, -0.2) is 18.5 Å². The number of hydrogen-bond donors (Lipinski definition) is 0. The summed E-state index contributed by atoms with van der Waals surface area (Å²) in [4.78, 5) is 0. The Kier molecular flexibility index (Phi) is 11.3. The molecular formula is C31H42FP. The number of unbranched alkanes of at least 4 members (excludes halogenated alkanes) is 3. The molecule has 0 aliphatic heterocycles. The van der Waals surface area contributed by atoms with E-state index in [1.165, 1.54) is 73.7 Å². The van der Waals surface area contributed by atoms with Crippen molar-refractivity contribution in [3.8, 4) is 0 Å². The van der Waals surface area contributed by atoms with E-state index in [-0.39, 0.29) is 9.86 Å². The lowest BCUT2D eigenvalue weighted by molar-refractivity contribution is -0.00000670. The molecule has 2 heteroatoms. The molecule has 0 fully saturated rings. The maximum Gasteiger partial charge on any atom is 0.154 e. The van der Waals surface area contributed by atoms with E-state index in [0.717, 1.165) is 0 Å². The monoisotopic (exact) mass is 464 g/mol. The summed E-state index contributed by atoms with van der Waals surface area (Å²) in [5.41, 5.74) is 4.48. The number of hydrogen-bond acceptors (Lipinski definition) is 0. The van der Waals surface area contributed by atoms with Crippen molar-refractivity contribution in [1.82, 2.24) is 0 Å². The summed E-state index contributed by atoms with van der Waals surface area (Å²) in [6, 6.07) is 34.5. The fraction of sp³-hybridized carbons (Fsp3) is 0.419. The third-order valence-electron chi connectivity index (χ3n) is 7.11. The van der Waals surface area contributed by atoms with Crippen molar-refractivity contribution in [2.45, 2.75) is 64.5 Å².